The molecule has 0 amide bonds. The molecular weight excluding hydrogens is 314 g/mol. The SMILES string of the molecule is CN(CC=CC#CC(C)(C)C)Cc1cccc(C#Cc2ccccc2)c1. The first-order valence-electron chi connectivity index (χ1n) is 8.95. The standard InChI is InChI=1S/C25H27N/c1-25(2,3)18-9-6-10-19-26(4)21-24-15-11-14-23(20-24)17-16-22-12-7-5-8-13-22/h5-8,10-15,20H,19,21H2,1-4H3. The van der Waals surface area contributed by atoms with Crippen molar-refractivity contribution in [2.75, 3.05) is 13.6 Å². The fourth-order valence-electron chi connectivity index (χ4n) is 2.34. The van der Waals surface area contributed by atoms with Crippen molar-refractivity contribution in [1.82, 2.24) is 4.90 Å². The Morgan fingerprint density at radius 1 is 0.923 bits per heavy atom. The minimum Gasteiger partial charge on any atom is -0.298 e. The highest BCUT2D eigenvalue weighted by atomic mass is 15.1. The summed E-state index contributed by atoms with van der Waals surface area (Å²) in [5, 5.41) is 0. The molecule has 2 aromatic carbocycles. The molecule has 132 valence electrons. The number of allylic oxidation sites excluding steroid dienone is 1. The molecule has 0 N–H and O–H groups in total. The second-order valence-electron chi connectivity index (χ2n) is 7.43. The van der Waals surface area contributed by atoms with E-state index in [4.69, 9.17) is 0 Å². The third-order valence-corrected chi connectivity index (χ3v) is 3.57. The Bertz CT molecular complexity index is 846. The van der Waals surface area contributed by atoms with Gasteiger partial charge in [0.2, 0.25) is 0 Å². The van der Waals surface area contributed by atoms with Gasteiger partial charge in [-0.25, -0.2) is 0 Å². The fourth-order valence-corrected chi connectivity index (χ4v) is 2.34. The van der Waals surface area contributed by atoms with Gasteiger partial charge in [0.05, 0.1) is 0 Å². The van der Waals surface area contributed by atoms with Gasteiger partial charge in [-0.1, -0.05) is 60.1 Å². The summed E-state index contributed by atoms with van der Waals surface area (Å²) in [6.45, 7) is 8.12. The van der Waals surface area contributed by atoms with Gasteiger partial charge in [0.15, 0.2) is 0 Å². The molecule has 0 aliphatic carbocycles. The molecule has 1 heteroatoms. The van der Waals surface area contributed by atoms with Gasteiger partial charge in [0.25, 0.3) is 0 Å². The van der Waals surface area contributed by atoms with Crippen LogP contribution in [0.3, 0.4) is 0 Å². The zero-order valence-corrected chi connectivity index (χ0v) is 16.2. The predicted molar refractivity (Wildman–Crippen MR) is 112 cm³/mol. The Morgan fingerprint density at radius 2 is 1.62 bits per heavy atom. The van der Waals surface area contributed by atoms with Crippen molar-refractivity contribution in [2.24, 2.45) is 5.41 Å². The molecule has 0 fully saturated rings. The predicted octanol–water partition coefficient (Wildman–Crippen LogP) is 5.12. The average Bonchev–Trinajstić information content (AvgIpc) is 2.60. The van der Waals surface area contributed by atoms with Crippen molar-refractivity contribution in [1.29, 1.82) is 0 Å². The van der Waals surface area contributed by atoms with Crippen LogP contribution in [0.15, 0.2) is 66.7 Å². The van der Waals surface area contributed by atoms with Crippen LogP contribution in [0.4, 0.5) is 0 Å². The number of rotatable bonds is 4. The van der Waals surface area contributed by atoms with Crippen LogP contribution in [-0.4, -0.2) is 18.5 Å². The first-order valence-corrected chi connectivity index (χ1v) is 8.95. The van der Waals surface area contributed by atoms with E-state index in [9.17, 15) is 0 Å². The van der Waals surface area contributed by atoms with Gasteiger partial charge in [0.1, 0.15) is 0 Å². The maximum absolute atomic E-state index is 3.25. The molecule has 2 aromatic rings. The molecule has 0 radical (unpaired) electrons. The number of benzene rings is 2. The fraction of sp³-hybridized carbons (Fsp3) is 0.280. The molecule has 1 nitrogen and oxygen atoms in total. The van der Waals surface area contributed by atoms with Crippen molar-refractivity contribution < 1.29 is 0 Å². The molecule has 0 spiro atoms. The molecule has 0 aromatic heterocycles. The summed E-state index contributed by atoms with van der Waals surface area (Å²) >= 11 is 0. The van der Waals surface area contributed by atoms with E-state index in [1.54, 1.807) is 0 Å². The van der Waals surface area contributed by atoms with E-state index < -0.39 is 0 Å². The van der Waals surface area contributed by atoms with Gasteiger partial charge in [-0.3, -0.25) is 4.90 Å². The van der Waals surface area contributed by atoms with E-state index in [1.165, 1.54) is 5.56 Å². The highest BCUT2D eigenvalue weighted by Crippen LogP contribution is 2.10. The summed E-state index contributed by atoms with van der Waals surface area (Å²) in [5.41, 5.74) is 3.40. The maximum Gasteiger partial charge on any atom is 0.0252 e. The molecule has 0 saturated carbocycles. The number of hydrogen-bond donors (Lipinski definition) is 0. The summed E-state index contributed by atoms with van der Waals surface area (Å²) in [5.74, 6) is 12.8. The number of hydrogen-bond acceptors (Lipinski definition) is 1. The van der Waals surface area contributed by atoms with Crippen LogP contribution in [-0.2, 0) is 6.54 Å². The molecule has 0 heterocycles. The van der Waals surface area contributed by atoms with E-state index in [2.05, 4.69) is 86.7 Å². The van der Waals surface area contributed by atoms with Crippen LogP contribution in [0.5, 0.6) is 0 Å². The normalized spacial score (nSPS) is 11.0. The van der Waals surface area contributed by atoms with Crippen LogP contribution in [0, 0.1) is 29.1 Å². The second-order valence-corrected chi connectivity index (χ2v) is 7.43. The van der Waals surface area contributed by atoms with Crippen LogP contribution in [0.2, 0.25) is 0 Å². The Hall–Kier alpha value is -2.74. The van der Waals surface area contributed by atoms with Crippen LogP contribution >= 0.6 is 0 Å². The Balaban J connectivity index is 1.92. The van der Waals surface area contributed by atoms with E-state index in [1.807, 2.05) is 36.4 Å². The van der Waals surface area contributed by atoms with Gasteiger partial charge in [0, 0.05) is 29.6 Å². The number of likely N-dealkylation sites (N-methyl/N-ethyl adjacent to an activating group) is 1. The van der Waals surface area contributed by atoms with Gasteiger partial charge in [-0.15, -0.1) is 0 Å². The van der Waals surface area contributed by atoms with E-state index in [0.717, 1.165) is 24.2 Å². The highest BCUT2D eigenvalue weighted by Gasteiger charge is 2.02. The minimum atomic E-state index is 0.0530. The molecule has 0 bridgehead atoms. The van der Waals surface area contributed by atoms with Crippen LogP contribution in [0.25, 0.3) is 0 Å². The lowest BCUT2D eigenvalue weighted by Gasteiger charge is -2.14. The molecular formula is C25H27N. The van der Waals surface area contributed by atoms with Crippen molar-refractivity contribution in [3.05, 3.63) is 83.4 Å². The lowest BCUT2D eigenvalue weighted by Crippen LogP contribution is -2.17. The summed E-state index contributed by atoms with van der Waals surface area (Å²) in [4.78, 5) is 2.26. The molecule has 26 heavy (non-hydrogen) atoms. The molecule has 2 rings (SSSR count). The van der Waals surface area contributed by atoms with Crippen LogP contribution < -0.4 is 0 Å². The molecule has 0 aliphatic heterocycles. The van der Waals surface area contributed by atoms with Crippen LogP contribution in [0.1, 0.15) is 37.5 Å². The van der Waals surface area contributed by atoms with Gasteiger partial charge in [-0.05, 0) is 63.7 Å². The lowest BCUT2D eigenvalue weighted by molar-refractivity contribution is 0.363. The van der Waals surface area contributed by atoms with E-state index >= 15 is 0 Å². The first kappa shape index (κ1) is 19.6. The van der Waals surface area contributed by atoms with Crippen molar-refractivity contribution >= 4 is 0 Å². The monoisotopic (exact) mass is 341 g/mol. The lowest BCUT2D eigenvalue weighted by atomic mass is 9.98. The second kappa shape index (κ2) is 9.67. The highest BCUT2D eigenvalue weighted by molar-refractivity contribution is 5.43. The zero-order chi connectivity index (χ0) is 18.8. The third kappa shape index (κ3) is 7.89. The summed E-state index contributed by atoms with van der Waals surface area (Å²) in [7, 11) is 2.11. The Kier molecular flexibility index (Phi) is 7.28. The molecule has 0 aliphatic rings. The topological polar surface area (TPSA) is 3.24 Å². The quantitative estimate of drug-likeness (QED) is 0.697. The molecule has 0 atom stereocenters. The summed E-state index contributed by atoms with van der Waals surface area (Å²) < 4.78 is 0. The zero-order valence-electron chi connectivity index (χ0n) is 16.2. The Morgan fingerprint density at radius 3 is 2.35 bits per heavy atom. The first-order chi connectivity index (χ1) is 12.4. The van der Waals surface area contributed by atoms with Crippen molar-refractivity contribution in [2.45, 2.75) is 27.3 Å². The van der Waals surface area contributed by atoms with Gasteiger partial charge < -0.3 is 0 Å². The van der Waals surface area contributed by atoms with Crippen molar-refractivity contribution in [3.8, 4) is 23.7 Å². The average molecular weight is 341 g/mol. The molecule has 0 saturated heterocycles. The smallest absolute Gasteiger partial charge is 0.0252 e. The van der Waals surface area contributed by atoms with Gasteiger partial charge in [-0.2, -0.15) is 0 Å². The van der Waals surface area contributed by atoms with Crippen molar-refractivity contribution in [3.63, 3.8) is 0 Å². The van der Waals surface area contributed by atoms with E-state index in [0.29, 0.717) is 0 Å². The van der Waals surface area contributed by atoms with E-state index in [-0.39, 0.29) is 5.41 Å². The Labute approximate surface area is 158 Å². The third-order valence-electron chi connectivity index (χ3n) is 3.57. The number of nitrogens with zero attached hydrogens (tertiary/aromatic N) is 1. The largest absolute Gasteiger partial charge is 0.298 e. The minimum absolute atomic E-state index is 0.0530. The summed E-state index contributed by atoms with van der Waals surface area (Å²) in [6.07, 6.45) is 4.06. The molecule has 0 unspecified atom stereocenters. The van der Waals surface area contributed by atoms with Gasteiger partial charge >= 0.3 is 0 Å². The summed E-state index contributed by atoms with van der Waals surface area (Å²) in [6, 6.07) is 18.5. The maximum atomic E-state index is 3.25.